The summed E-state index contributed by atoms with van der Waals surface area (Å²) in [6.07, 6.45) is 1.43. The second kappa shape index (κ2) is 4.61. The SMILES string of the molecule is CC(=O)Nc1nc(-c2ccccc2)cc[n+]1O. The Hall–Kier alpha value is -2.43. The van der Waals surface area contributed by atoms with E-state index in [9.17, 15) is 10.0 Å². The lowest BCUT2D eigenvalue weighted by Gasteiger charge is -2.00. The fraction of sp³-hybridized carbons (Fsp3) is 0.0833. The highest BCUT2D eigenvalue weighted by atomic mass is 16.5. The summed E-state index contributed by atoms with van der Waals surface area (Å²) in [5.74, 6) is -0.190. The van der Waals surface area contributed by atoms with Gasteiger partial charge in [-0.25, -0.2) is 5.32 Å². The van der Waals surface area contributed by atoms with Gasteiger partial charge >= 0.3 is 5.95 Å². The van der Waals surface area contributed by atoms with Crippen LogP contribution in [0.3, 0.4) is 0 Å². The van der Waals surface area contributed by atoms with E-state index in [0.29, 0.717) is 5.69 Å². The molecule has 2 N–H and O–H groups in total. The lowest BCUT2D eigenvalue weighted by atomic mass is 10.1. The van der Waals surface area contributed by atoms with Crippen molar-refractivity contribution in [2.75, 3.05) is 5.32 Å². The molecule has 0 aliphatic heterocycles. The molecule has 0 saturated heterocycles. The van der Waals surface area contributed by atoms with Crippen LogP contribution in [0, 0.1) is 0 Å². The van der Waals surface area contributed by atoms with Crippen molar-refractivity contribution in [2.24, 2.45) is 0 Å². The van der Waals surface area contributed by atoms with Gasteiger partial charge in [0.1, 0.15) is 6.20 Å². The number of benzene rings is 1. The molecule has 86 valence electrons. The van der Waals surface area contributed by atoms with Crippen LogP contribution in [0.2, 0.25) is 0 Å². The molecule has 17 heavy (non-hydrogen) atoms. The van der Waals surface area contributed by atoms with Crippen LogP contribution in [-0.4, -0.2) is 16.1 Å². The van der Waals surface area contributed by atoms with Crippen LogP contribution in [0.1, 0.15) is 6.92 Å². The van der Waals surface area contributed by atoms with Crippen molar-refractivity contribution in [1.82, 2.24) is 4.98 Å². The van der Waals surface area contributed by atoms with E-state index in [-0.39, 0.29) is 11.9 Å². The number of rotatable bonds is 2. The highest BCUT2D eigenvalue weighted by Crippen LogP contribution is 2.15. The van der Waals surface area contributed by atoms with Crippen molar-refractivity contribution >= 4 is 11.9 Å². The molecule has 0 spiro atoms. The van der Waals surface area contributed by atoms with E-state index in [2.05, 4.69) is 10.3 Å². The van der Waals surface area contributed by atoms with Crippen LogP contribution in [0.4, 0.5) is 5.95 Å². The average Bonchev–Trinajstić information content (AvgIpc) is 2.32. The molecule has 1 aromatic carbocycles. The summed E-state index contributed by atoms with van der Waals surface area (Å²) in [4.78, 5) is 15.1. The van der Waals surface area contributed by atoms with Gasteiger partial charge in [-0.1, -0.05) is 40.0 Å². The van der Waals surface area contributed by atoms with Gasteiger partial charge in [-0.15, -0.1) is 0 Å². The Kier molecular flexibility index (Phi) is 3.00. The molecule has 0 radical (unpaired) electrons. The van der Waals surface area contributed by atoms with Crippen molar-refractivity contribution < 1.29 is 14.7 Å². The highest BCUT2D eigenvalue weighted by molar-refractivity contribution is 5.86. The molecule has 0 bridgehead atoms. The van der Waals surface area contributed by atoms with E-state index in [1.807, 2.05) is 30.3 Å². The fourth-order valence-corrected chi connectivity index (χ4v) is 1.43. The minimum absolute atomic E-state index is 0.0962. The zero-order chi connectivity index (χ0) is 12.3. The van der Waals surface area contributed by atoms with Gasteiger partial charge in [0.05, 0.1) is 0 Å². The number of anilines is 1. The molecule has 2 rings (SSSR count). The number of hydrogen-bond acceptors (Lipinski definition) is 3. The van der Waals surface area contributed by atoms with Crippen LogP contribution >= 0.6 is 0 Å². The number of nitrogens with one attached hydrogen (secondary N) is 1. The second-order valence-electron chi connectivity index (χ2n) is 3.53. The quantitative estimate of drug-likeness (QED) is 0.602. The van der Waals surface area contributed by atoms with Gasteiger partial charge in [-0.3, -0.25) is 4.79 Å². The first-order valence-electron chi connectivity index (χ1n) is 5.12. The Bertz CT molecular complexity index is 541. The van der Waals surface area contributed by atoms with Gasteiger partial charge in [-0.2, -0.15) is 0 Å². The Labute approximate surface area is 98.3 Å². The van der Waals surface area contributed by atoms with Gasteiger partial charge in [0.2, 0.25) is 0 Å². The van der Waals surface area contributed by atoms with Crippen LogP contribution in [0.15, 0.2) is 42.6 Å². The summed E-state index contributed by atoms with van der Waals surface area (Å²) >= 11 is 0. The summed E-state index contributed by atoms with van der Waals surface area (Å²) in [7, 11) is 0. The highest BCUT2D eigenvalue weighted by Gasteiger charge is 2.15. The summed E-state index contributed by atoms with van der Waals surface area (Å²) in [6, 6.07) is 11.2. The van der Waals surface area contributed by atoms with Crippen LogP contribution in [0.5, 0.6) is 0 Å². The Morgan fingerprint density at radius 2 is 2.00 bits per heavy atom. The van der Waals surface area contributed by atoms with Crippen LogP contribution in [-0.2, 0) is 4.79 Å². The maximum atomic E-state index is 10.9. The summed E-state index contributed by atoms with van der Waals surface area (Å²) < 4.78 is 0.772. The molecular formula is C12H12N3O2+. The molecule has 5 heteroatoms. The maximum absolute atomic E-state index is 10.9. The molecule has 5 nitrogen and oxygen atoms in total. The minimum Gasteiger partial charge on any atom is -0.371 e. The molecule has 0 aliphatic carbocycles. The normalized spacial score (nSPS) is 9.94. The first-order valence-corrected chi connectivity index (χ1v) is 5.12. The fourth-order valence-electron chi connectivity index (χ4n) is 1.43. The Morgan fingerprint density at radius 1 is 1.29 bits per heavy atom. The number of amides is 1. The number of carbonyl (C=O) groups excluding carboxylic acids is 1. The number of hydrogen-bond donors (Lipinski definition) is 2. The molecular weight excluding hydrogens is 218 g/mol. The third-order valence-electron chi connectivity index (χ3n) is 2.17. The molecule has 0 unspecified atom stereocenters. The van der Waals surface area contributed by atoms with E-state index in [0.717, 1.165) is 10.3 Å². The molecule has 0 atom stereocenters. The van der Waals surface area contributed by atoms with Crippen molar-refractivity contribution in [2.45, 2.75) is 6.92 Å². The monoisotopic (exact) mass is 230 g/mol. The first-order chi connectivity index (χ1) is 8.16. The molecule has 0 aliphatic rings. The summed E-state index contributed by atoms with van der Waals surface area (Å²) in [5.41, 5.74) is 1.60. The Morgan fingerprint density at radius 3 is 2.65 bits per heavy atom. The smallest absolute Gasteiger partial charge is 0.371 e. The molecule has 2 aromatic rings. The zero-order valence-electron chi connectivity index (χ0n) is 9.29. The third kappa shape index (κ3) is 2.57. The summed E-state index contributed by atoms with van der Waals surface area (Å²) in [5, 5.41) is 11.9. The summed E-state index contributed by atoms with van der Waals surface area (Å²) in [6.45, 7) is 1.36. The minimum atomic E-state index is -0.287. The lowest BCUT2D eigenvalue weighted by Crippen LogP contribution is -2.36. The van der Waals surface area contributed by atoms with E-state index < -0.39 is 0 Å². The molecule has 1 aromatic heterocycles. The van der Waals surface area contributed by atoms with Crippen molar-refractivity contribution in [3.63, 3.8) is 0 Å². The van der Waals surface area contributed by atoms with E-state index in [4.69, 9.17) is 0 Å². The van der Waals surface area contributed by atoms with Gasteiger partial charge in [0.25, 0.3) is 5.91 Å². The standard InChI is InChI=1S/C12H11N3O2/c1-9(16)13-12-14-11(7-8-15(12)17)10-5-3-2-4-6-10/h2-8,17H,1H3/p+1. The zero-order valence-corrected chi connectivity index (χ0v) is 9.29. The van der Waals surface area contributed by atoms with E-state index >= 15 is 0 Å². The number of nitrogens with zero attached hydrogens (tertiary/aromatic N) is 2. The molecule has 0 fully saturated rings. The van der Waals surface area contributed by atoms with Gasteiger partial charge in [0, 0.05) is 18.6 Å². The van der Waals surface area contributed by atoms with Crippen molar-refractivity contribution in [3.8, 4) is 11.3 Å². The van der Waals surface area contributed by atoms with E-state index in [1.54, 1.807) is 6.07 Å². The van der Waals surface area contributed by atoms with Crippen LogP contribution in [0.25, 0.3) is 11.3 Å². The largest absolute Gasteiger partial charge is 0.436 e. The van der Waals surface area contributed by atoms with Gasteiger partial charge < -0.3 is 5.21 Å². The van der Waals surface area contributed by atoms with Crippen LogP contribution < -0.4 is 10.0 Å². The topological polar surface area (TPSA) is 66.1 Å². The third-order valence-corrected chi connectivity index (χ3v) is 2.17. The van der Waals surface area contributed by atoms with Crippen molar-refractivity contribution in [3.05, 3.63) is 42.6 Å². The molecule has 1 amide bonds. The van der Waals surface area contributed by atoms with E-state index in [1.165, 1.54) is 13.1 Å². The maximum Gasteiger partial charge on any atom is 0.436 e. The molecule has 1 heterocycles. The second-order valence-corrected chi connectivity index (χ2v) is 3.53. The predicted octanol–water partition coefficient (Wildman–Crippen LogP) is 1.23. The molecule has 0 saturated carbocycles. The Balaban J connectivity index is 2.41. The van der Waals surface area contributed by atoms with Gasteiger partial charge in [0.15, 0.2) is 5.69 Å². The van der Waals surface area contributed by atoms with Gasteiger partial charge in [-0.05, 0) is 0 Å². The lowest BCUT2D eigenvalue weighted by molar-refractivity contribution is -0.895. The van der Waals surface area contributed by atoms with Crippen molar-refractivity contribution in [1.29, 1.82) is 0 Å². The number of aromatic nitrogens is 2. The predicted molar refractivity (Wildman–Crippen MR) is 61.4 cm³/mol. The average molecular weight is 230 g/mol. The first kappa shape index (κ1) is 11.1. The number of carbonyl (C=O) groups is 1.